The fourth-order valence-electron chi connectivity index (χ4n) is 1.94. The summed E-state index contributed by atoms with van der Waals surface area (Å²) in [6, 6.07) is 0. The molecule has 2 rings (SSSR count). The minimum absolute atomic E-state index is 0.0263. The van der Waals surface area contributed by atoms with Crippen LogP contribution in [-0.4, -0.2) is 54.2 Å². The third-order valence-electron chi connectivity index (χ3n) is 2.92. The quantitative estimate of drug-likeness (QED) is 0.665. The number of ether oxygens (including phenoxy) is 1. The minimum atomic E-state index is -0.450. The number of likely N-dealkylation sites (N-methyl/N-ethyl adjacent to an activating group) is 1. The third-order valence-corrected chi connectivity index (χ3v) is 3.53. The highest BCUT2D eigenvalue weighted by Gasteiger charge is 2.21. The zero-order valence-electron chi connectivity index (χ0n) is 10.5. The molecule has 1 aromatic heterocycles. The first-order chi connectivity index (χ1) is 9.08. The highest BCUT2D eigenvalue weighted by atomic mass is 79.9. The van der Waals surface area contributed by atoms with Crippen molar-refractivity contribution in [2.45, 2.75) is 6.10 Å². The van der Waals surface area contributed by atoms with Crippen molar-refractivity contribution >= 4 is 27.3 Å². The van der Waals surface area contributed by atoms with Crippen LogP contribution < -0.4 is 5.32 Å². The molecule has 0 bridgehead atoms. The van der Waals surface area contributed by atoms with E-state index in [0.717, 1.165) is 13.1 Å². The van der Waals surface area contributed by atoms with Gasteiger partial charge in [-0.25, -0.2) is 0 Å². The first-order valence-electron chi connectivity index (χ1n) is 5.90. The molecule has 1 fully saturated rings. The molecular weight excluding hydrogens is 316 g/mol. The lowest BCUT2D eigenvalue weighted by Crippen LogP contribution is -2.43. The number of nitrogens with one attached hydrogen (secondary N) is 1. The zero-order chi connectivity index (χ0) is 13.8. The Morgan fingerprint density at radius 2 is 2.47 bits per heavy atom. The lowest BCUT2D eigenvalue weighted by molar-refractivity contribution is -0.384. The Kier molecular flexibility index (Phi) is 4.67. The summed E-state index contributed by atoms with van der Waals surface area (Å²) in [5.74, 6) is 0. The highest BCUT2D eigenvalue weighted by molar-refractivity contribution is 9.10. The second kappa shape index (κ2) is 6.27. The standard InChI is InChI=1S/C11H15BrN4O3/c1-15-2-3-19-8(7-15)4-14-11-9(12)5-13-6-10(11)16(17)18/h5-6,8H,2-4,7H2,1H3,(H,13,14). The maximum atomic E-state index is 10.9. The van der Waals surface area contributed by atoms with Crippen LogP contribution in [0.25, 0.3) is 0 Å². The second-order valence-corrected chi connectivity index (χ2v) is 5.26. The van der Waals surface area contributed by atoms with Crippen LogP contribution >= 0.6 is 15.9 Å². The summed E-state index contributed by atoms with van der Waals surface area (Å²) in [7, 11) is 2.03. The maximum absolute atomic E-state index is 10.9. The number of halogens is 1. The average Bonchev–Trinajstić information content (AvgIpc) is 2.37. The number of rotatable bonds is 4. The van der Waals surface area contributed by atoms with E-state index in [9.17, 15) is 10.1 Å². The minimum Gasteiger partial charge on any atom is -0.376 e. The van der Waals surface area contributed by atoms with Gasteiger partial charge in [0.1, 0.15) is 11.9 Å². The molecule has 0 saturated carbocycles. The van der Waals surface area contributed by atoms with Gasteiger partial charge in [0.15, 0.2) is 0 Å². The van der Waals surface area contributed by atoms with E-state index >= 15 is 0 Å². The van der Waals surface area contributed by atoms with Crippen LogP contribution in [0.3, 0.4) is 0 Å². The molecule has 19 heavy (non-hydrogen) atoms. The first-order valence-corrected chi connectivity index (χ1v) is 6.69. The molecule has 0 radical (unpaired) electrons. The van der Waals surface area contributed by atoms with E-state index in [-0.39, 0.29) is 11.8 Å². The molecule has 1 aromatic rings. The van der Waals surface area contributed by atoms with Gasteiger partial charge in [0, 0.05) is 25.8 Å². The van der Waals surface area contributed by atoms with Gasteiger partial charge in [-0.2, -0.15) is 0 Å². The van der Waals surface area contributed by atoms with Crippen LogP contribution in [0.5, 0.6) is 0 Å². The number of nitro groups is 1. The van der Waals surface area contributed by atoms with Gasteiger partial charge >= 0.3 is 5.69 Å². The SMILES string of the molecule is CN1CCOC(CNc2c(Br)cncc2[N+](=O)[O-])C1. The van der Waals surface area contributed by atoms with Gasteiger partial charge in [0.25, 0.3) is 0 Å². The number of anilines is 1. The molecule has 1 atom stereocenters. The smallest absolute Gasteiger partial charge is 0.311 e. The maximum Gasteiger partial charge on any atom is 0.311 e. The van der Waals surface area contributed by atoms with E-state index in [1.165, 1.54) is 12.4 Å². The van der Waals surface area contributed by atoms with Crippen molar-refractivity contribution < 1.29 is 9.66 Å². The van der Waals surface area contributed by atoms with Crippen molar-refractivity contribution in [3.05, 3.63) is 27.0 Å². The van der Waals surface area contributed by atoms with Crippen LogP contribution in [0.2, 0.25) is 0 Å². The predicted molar refractivity (Wildman–Crippen MR) is 74.3 cm³/mol. The Morgan fingerprint density at radius 3 is 3.16 bits per heavy atom. The summed E-state index contributed by atoms with van der Waals surface area (Å²) >= 11 is 3.27. The molecule has 7 nitrogen and oxygen atoms in total. The fourth-order valence-corrected chi connectivity index (χ4v) is 2.41. The normalized spacial score (nSPS) is 20.2. The summed E-state index contributed by atoms with van der Waals surface area (Å²) < 4.78 is 6.18. The number of morpholine rings is 1. The van der Waals surface area contributed by atoms with Crippen molar-refractivity contribution in [2.24, 2.45) is 0 Å². The molecule has 1 aliphatic heterocycles. The summed E-state index contributed by atoms with van der Waals surface area (Å²) in [6.45, 7) is 2.93. The van der Waals surface area contributed by atoms with E-state index in [1.54, 1.807) is 0 Å². The Labute approximate surface area is 119 Å². The Balaban J connectivity index is 2.04. The molecule has 0 aromatic carbocycles. The molecule has 1 unspecified atom stereocenters. The molecule has 1 aliphatic rings. The largest absolute Gasteiger partial charge is 0.376 e. The van der Waals surface area contributed by atoms with Crippen LogP contribution in [0.15, 0.2) is 16.9 Å². The van der Waals surface area contributed by atoms with Gasteiger partial charge in [-0.1, -0.05) is 0 Å². The third kappa shape index (κ3) is 3.62. The second-order valence-electron chi connectivity index (χ2n) is 4.41. The molecule has 2 heterocycles. The average molecular weight is 331 g/mol. The fraction of sp³-hybridized carbons (Fsp3) is 0.545. The van der Waals surface area contributed by atoms with Gasteiger partial charge in [-0.05, 0) is 23.0 Å². The summed E-state index contributed by atoms with van der Waals surface area (Å²) in [4.78, 5) is 16.5. The Morgan fingerprint density at radius 1 is 1.68 bits per heavy atom. The predicted octanol–water partition coefficient (Wildman–Crippen LogP) is 1.49. The van der Waals surface area contributed by atoms with Gasteiger partial charge in [-0.3, -0.25) is 15.1 Å². The molecular formula is C11H15BrN4O3. The van der Waals surface area contributed by atoms with Crippen LogP contribution in [-0.2, 0) is 4.74 Å². The molecule has 8 heteroatoms. The van der Waals surface area contributed by atoms with Crippen LogP contribution in [0, 0.1) is 10.1 Å². The summed E-state index contributed by atoms with van der Waals surface area (Å²) in [6.07, 6.45) is 2.79. The molecule has 1 N–H and O–H groups in total. The lowest BCUT2D eigenvalue weighted by Gasteiger charge is -2.30. The van der Waals surface area contributed by atoms with Crippen molar-refractivity contribution in [2.75, 3.05) is 38.6 Å². The van der Waals surface area contributed by atoms with Crippen molar-refractivity contribution in [3.63, 3.8) is 0 Å². The number of aromatic nitrogens is 1. The molecule has 0 aliphatic carbocycles. The monoisotopic (exact) mass is 330 g/mol. The van der Waals surface area contributed by atoms with E-state index in [4.69, 9.17) is 4.74 Å². The van der Waals surface area contributed by atoms with Gasteiger partial charge in [0.2, 0.25) is 0 Å². The summed E-state index contributed by atoms with van der Waals surface area (Å²) in [5.41, 5.74) is 0.398. The van der Waals surface area contributed by atoms with E-state index in [0.29, 0.717) is 23.3 Å². The van der Waals surface area contributed by atoms with Crippen molar-refractivity contribution in [1.82, 2.24) is 9.88 Å². The Hall–Kier alpha value is -1.25. The number of hydrogen-bond donors (Lipinski definition) is 1. The number of hydrogen-bond acceptors (Lipinski definition) is 6. The number of nitrogens with zero attached hydrogens (tertiary/aromatic N) is 3. The van der Waals surface area contributed by atoms with E-state index in [2.05, 4.69) is 31.1 Å². The van der Waals surface area contributed by atoms with Crippen molar-refractivity contribution in [1.29, 1.82) is 0 Å². The van der Waals surface area contributed by atoms with Crippen LogP contribution in [0.1, 0.15) is 0 Å². The van der Waals surface area contributed by atoms with Crippen molar-refractivity contribution in [3.8, 4) is 0 Å². The molecule has 0 amide bonds. The lowest BCUT2D eigenvalue weighted by atomic mass is 10.2. The van der Waals surface area contributed by atoms with Gasteiger partial charge in [-0.15, -0.1) is 0 Å². The molecule has 0 spiro atoms. The first kappa shape index (κ1) is 14.2. The topological polar surface area (TPSA) is 80.5 Å². The van der Waals surface area contributed by atoms with E-state index < -0.39 is 4.92 Å². The van der Waals surface area contributed by atoms with Crippen LogP contribution in [0.4, 0.5) is 11.4 Å². The Bertz CT molecular complexity index is 471. The zero-order valence-corrected chi connectivity index (χ0v) is 12.1. The van der Waals surface area contributed by atoms with E-state index in [1.807, 2.05) is 7.05 Å². The number of pyridine rings is 1. The van der Waals surface area contributed by atoms with Gasteiger partial charge in [0.05, 0.1) is 22.1 Å². The molecule has 1 saturated heterocycles. The molecule has 104 valence electrons. The van der Waals surface area contributed by atoms with Gasteiger partial charge < -0.3 is 15.0 Å². The highest BCUT2D eigenvalue weighted by Crippen LogP contribution is 2.30. The summed E-state index contributed by atoms with van der Waals surface area (Å²) in [5, 5.41) is 14.0.